The zero-order chi connectivity index (χ0) is 22.4. The van der Waals surface area contributed by atoms with Gasteiger partial charge in [0.1, 0.15) is 11.6 Å². The van der Waals surface area contributed by atoms with Crippen molar-refractivity contribution in [2.75, 3.05) is 18.2 Å². The van der Waals surface area contributed by atoms with Gasteiger partial charge < -0.3 is 14.6 Å². The minimum absolute atomic E-state index is 0.176. The van der Waals surface area contributed by atoms with Crippen molar-refractivity contribution in [3.05, 3.63) is 62.9 Å². The largest absolute Gasteiger partial charge is 0.495 e. The summed E-state index contributed by atoms with van der Waals surface area (Å²) in [4.78, 5) is 12.4. The first-order chi connectivity index (χ1) is 14.9. The Balaban J connectivity index is 1.52. The van der Waals surface area contributed by atoms with Crippen LogP contribution in [0.4, 0.5) is 5.69 Å². The van der Waals surface area contributed by atoms with Gasteiger partial charge in [-0.1, -0.05) is 52.6 Å². The van der Waals surface area contributed by atoms with Gasteiger partial charge in [-0.3, -0.25) is 4.79 Å². The summed E-state index contributed by atoms with van der Waals surface area (Å²) in [5.74, 6) is 2.73. The number of nitrogens with zero attached hydrogens (tertiary/aromatic N) is 3. The molecule has 0 unspecified atom stereocenters. The number of methoxy groups -OCH3 is 1. The standard InChI is InChI=1S/C20H19Cl3N4O2S2/c1-27-18(10-30-9-12-3-4-13(21)7-15(12)23)25-26-20(27)31-11-19(28)24-16-8-14(22)5-6-17(16)29-2/h3-8H,9-11H2,1-2H3,(H,24,28). The van der Waals surface area contributed by atoms with Crippen LogP contribution in [-0.4, -0.2) is 33.5 Å². The van der Waals surface area contributed by atoms with Crippen LogP contribution in [-0.2, 0) is 23.3 Å². The van der Waals surface area contributed by atoms with Crippen LogP contribution in [0.1, 0.15) is 11.4 Å². The molecular weight excluding hydrogens is 499 g/mol. The third-order valence-electron chi connectivity index (χ3n) is 4.20. The molecule has 0 aliphatic heterocycles. The van der Waals surface area contributed by atoms with Gasteiger partial charge in [-0.25, -0.2) is 0 Å². The second-order valence-corrected chi connectivity index (χ2v) is 9.58. The van der Waals surface area contributed by atoms with Crippen LogP contribution >= 0.6 is 58.3 Å². The van der Waals surface area contributed by atoms with Crippen LogP contribution in [0.15, 0.2) is 41.6 Å². The van der Waals surface area contributed by atoms with Gasteiger partial charge in [0.15, 0.2) is 5.16 Å². The number of amides is 1. The van der Waals surface area contributed by atoms with Gasteiger partial charge >= 0.3 is 0 Å². The van der Waals surface area contributed by atoms with Crippen LogP contribution in [0, 0.1) is 0 Å². The number of carbonyl (C=O) groups is 1. The molecule has 0 atom stereocenters. The number of rotatable bonds is 9. The molecular formula is C20H19Cl3N4O2S2. The van der Waals surface area contributed by atoms with Crippen molar-refractivity contribution in [1.29, 1.82) is 0 Å². The summed E-state index contributed by atoms with van der Waals surface area (Å²) in [6.45, 7) is 0. The van der Waals surface area contributed by atoms with Crippen LogP contribution < -0.4 is 10.1 Å². The Morgan fingerprint density at radius 2 is 1.84 bits per heavy atom. The molecule has 0 aliphatic rings. The SMILES string of the molecule is COc1ccc(Cl)cc1NC(=O)CSc1nnc(CSCc2ccc(Cl)cc2Cl)n1C. The van der Waals surface area contributed by atoms with Crippen LogP contribution in [0.3, 0.4) is 0 Å². The van der Waals surface area contributed by atoms with Crippen LogP contribution in [0.25, 0.3) is 0 Å². The molecule has 0 aliphatic carbocycles. The Labute approximate surface area is 204 Å². The van der Waals surface area contributed by atoms with Crippen molar-refractivity contribution in [2.45, 2.75) is 16.7 Å². The van der Waals surface area contributed by atoms with E-state index in [0.29, 0.717) is 37.4 Å². The summed E-state index contributed by atoms with van der Waals surface area (Å²) in [5, 5.41) is 13.7. The van der Waals surface area contributed by atoms with Gasteiger partial charge in [0.05, 0.1) is 24.3 Å². The third kappa shape index (κ3) is 6.70. The number of hydrogen-bond donors (Lipinski definition) is 1. The number of thioether (sulfide) groups is 2. The summed E-state index contributed by atoms with van der Waals surface area (Å²) >= 11 is 21.1. The van der Waals surface area contributed by atoms with E-state index in [1.54, 1.807) is 36.0 Å². The van der Waals surface area contributed by atoms with Gasteiger partial charge in [0.25, 0.3) is 0 Å². The number of halogens is 3. The predicted octanol–water partition coefficient (Wildman–Crippen LogP) is 5.95. The molecule has 164 valence electrons. The van der Waals surface area contributed by atoms with E-state index in [9.17, 15) is 4.79 Å². The third-order valence-corrected chi connectivity index (χ3v) is 7.02. The summed E-state index contributed by atoms with van der Waals surface area (Å²) in [7, 11) is 3.42. The lowest BCUT2D eigenvalue weighted by atomic mass is 10.2. The molecule has 2 aromatic carbocycles. The Morgan fingerprint density at radius 3 is 2.58 bits per heavy atom. The van der Waals surface area contributed by atoms with Crippen molar-refractivity contribution in [3.63, 3.8) is 0 Å². The average molecular weight is 518 g/mol. The minimum Gasteiger partial charge on any atom is -0.495 e. The number of benzene rings is 2. The molecule has 0 radical (unpaired) electrons. The molecule has 31 heavy (non-hydrogen) atoms. The highest BCUT2D eigenvalue weighted by molar-refractivity contribution is 7.99. The molecule has 0 saturated carbocycles. The maximum atomic E-state index is 12.4. The molecule has 3 aromatic rings. The Hall–Kier alpha value is -1.58. The monoisotopic (exact) mass is 516 g/mol. The molecule has 1 N–H and O–H groups in total. The topological polar surface area (TPSA) is 69.0 Å². The Morgan fingerprint density at radius 1 is 1.10 bits per heavy atom. The predicted molar refractivity (Wildman–Crippen MR) is 130 cm³/mol. The first kappa shape index (κ1) is 24.1. The summed E-state index contributed by atoms with van der Waals surface area (Å²) in [6, 6.07) is 10.5. The molecule has 0 spiro atoms. The van der Waals surface area contributed by atoms with Crippen LogP contribution in [0.2, 0.25) is 15.1 Å². The van der Waals surface area contributed by atoms with Crippen molar-refractivity contribution in [2.24, 2.45) is 7.05 Å². The maximum Gasteiger partial charge on any atom is 0.234 e. The Bertz CT molecular complexity index is 1080. The number of aromatic nitrogens is 3. The second kappa shape index (κ2) is 11.3. The molecule has 6 nitrogen and oxygen atoms in total. The quantitative estimate of drug-likeness (QED) is 0.354. The normalized spacial score (nSPS) is 10.9. The van der Waals surface area contributed by atoms with Gasteiger partial charge in [-0.2, -0.15) is 0 Å². The van der Waals surface area contributed by atoms with E-state index in [1.807, 2.05) is 23.7 Å². The highest BCUT2D eigenvalue weighted by atomic mass is 35.5. The number of nitrogens with one attached hydrogen (secondary N) is 1. The highest BCUT2D eigenvalue weighted by Crippen LogP contribution is 2.29. The van der Waals surface area contributed by atoms with Crippen LogP contribution in [0.5, 0.6) is 5.75 Å². The first-order valence-corrected chi connectivity index (χ1v) is 12.3. The second-order valence-electron chi connectivity index (χ2n) is 6.37. The molecule has 0 bridgehead atoms. The lowest BCUT2D eigenvalue weighted by Gasteiger charge is -2.10. The molecule has 1 aromatic heterocycles. The fraction of sp³-hybridized carbons (Fsp3) is 0.250. The smallest absolute Gasteiger partial charge is 0.234 e. The minimum atomic E-state index is -0.193. The average Bonchev–Trinajstić information content (AvgIpc) is 3.08. The summed E-state index contributed by atoms with van der Waals surface area (Å²) in [6.07, 6.45) is 0. The number of anilines is 1. The molecule has 1 amide bonds. The fourth-order valence-corrected chi connectivity index (χ4v) is 5.05. The summed E-state index contributed by atoms with van der Waals surface area (Å²) < 4.78 is 7.13. The van der Waals surface area contributed by atoms with Crippen molar-refractivity contribution in [1.82, 2.24) is 14.8 Å². The number of carbonyl (C=O) groups excluding carboxylic acids is 1. The molecule has 1 heterocycles. The van der Waals surface area contributed by atoms with Crippen molar-refractivity contribution in [3.8, 4) is 5.75 Å². The van der Waals surface area contributed by atoms with Gasteiger partial charge in [0, 0.05) is 27.9 Å². The molecule has 3 rings (SSSR count). The van der Waals surface area contributed by atoms with E-state index in [0.717, 1.165) is 17.1 Å². The lowest BCUT2D eigenvalue weighted by Crippen LogP contribution is -2.15. The van der Waals surface area contributed by atoms with E-state index in [1.165, 1.54) is 18.9 Å². The molecule has 0 saturated heterocycles. The van der Waals surface area contributed by atoms with Crippen molar-refractivity contribution >= 4 is 69.9 Å². The molecule has 11 heteroatoms. The fourth-order valence-electron chi connectivity index (χ4n) is 2.58. The zero-order valence-corrected chi connectivity index (χ0v) is 20.6. The lowest BCUT2D eigenvalue weighted by molar-refractivity contribution is -0.113. The maximum absolute atomic E-state index is 12.4. The van der Waals surface area contributed by atoms with E-state index in [2.05, 4.69) is 15.5 Å². The van der Waals surface area contributed by atoms with Crippen molar-refractivity contribution < 1.29 is 9.53 Å². The van der Waals surface area contributed by atoms with Gasteiger partial charge in [0.2, 0.25) is 5.91 Å². The number of ether oxygens (including phenoxy) is 1. The number of hydrogen-bond acceptors (Lipinski definition) is 6. The molecule has 0 fully saturated rings. The zero-order valence-electron chi connectivity index (χ0n) is 16.7. The van der Waals surface area contributed by atoms with E-state index in [-0.39, 0.29) is 11.7 Å². The van der Waals surface area contributed by atoms with Gasteiger partial charge in [-0.05, 0) is 35.9 Å². The van der Waals surface area contributed by atoms with E-state index in [4.69, 9.17) is 39.5 Å². The van der Waals surface area contributed by atoms with Gasteiger partial charge in [-0.15, -0.1) is 22.0 Å². The van der Waals surface area contributed by atoms with E-state index < -0.39 is 0 Å². The Kier molecular flexibility index (Phi) is 8.80. The highest BCUT2D eigenvalue weighted by Gasteiger charge is 2.14. The first-order valence-electron chi connectivity index (χ1n) is 9.03. The van der Waals surface area contributed by atoms with E-state index >= 15 is 0 Å². The summed E-state index contributed by atoms with van der Waals surface area (Å²) in [5.41, 5.74) is 1.54.